The van der Waals surface area contributed by atoms with Gasteiger partial charge in [0.1, 0.15) is 6.26 Å². The zero-order chi connectivity index (χ0) is 13.0. The highest BCUT2D eigenvalue weighted by Crippen LogP contribution is 2.20. The van der Waals surface area contributed by atoms with Crippen LogP contribution >= 0.6 is 11.8 Å². The van der Waals surface area contributed by atoms with Gasteiger partial charge in [0.2, 0.25) is 5.91 Å². The fourth-order valence-corrected chi connectivity index (χ4v) is 2.56. The van der Waals surface area contributed by atoms with Crippen molar-refractivity contribution in [3.05, 3.63) is 12.5 Å². The molecule has 18 heavy (non-hydrogen) atoms. The molecule has 0 aliphatic carbocycles. The summed E-state index contributed by atoms with van der Waals surface area (Å²) in [6.07, 6.45) is 4.06. The van der Waals surface area contributed by atoms with E-state index in [2.05, 4.69) is 4.98 Å². The summed E-state index contributed by atoms with van der Waals surface area (Å²) in [5.41, 5.74) is 0. The Labute approximate surface area is 108 Å². The molecule has 2 heterocycles. The second-order valence-corrected chi connectivity index (χ2v) is 5.01. The number of hydrogen-bond acceptors (Lipinski definition) is 5. The van der Waals surface area contributed by atoms with Gasteiger partial charge >= 0.3 is 5.97 Å². The quantitative estimate of drug-likeness (QED) is 0.824. The van der Waals surface area contributed by atoms with Crippen LogP contribution in [0.2, 0.25) is 0 Å². The van der Waals surface area contributed by atoms with E-state index < -0.39 is 5.97 Å². The Bertz CT molecular complexity index is 413. The molecule has 1 aliphatic heterocycles. The lowest BCUT2D eigenvalue weighted by Gasteiger charge is -2.29. The molecule has 0 radical (unpaired) electrons. The van der Waals surface area contributed by atoms with E-state index in [1.54, 1.807) is 4.90 Å². The molecular formula is C11H14N2O4S. The van der Waals surface area contributed by atoms with E-state index in [0.29, 0.717) is 31.2 Å². The number of aromatic nitrogens is 1. The molecule has 0 saturated carbocycles. The van der Waals surface area contributed by atoms with Gasteiger partial charge in [-0.05, 0) is 12.8 Å². The van der Waals surface area contributed by atoms with Gasteiger partial charge in [-0.15, -0.1) is 0 Å². The zero-order valence-electron chi connectivity index (χ0n) is 9.74. The van der Waals surface area contributed by atoms with Crippen LogP contribution in [0.3, 0.4) is 0 Å². The molecule has 1 aliphatic rings. The molecule has 0 aromatic carbocycles. The number of carbonyl (C=O) groups excluding carboxylic acids is 1. The monoisotopic (exact) mass is 270 g/mol. The summed E-state index contributed by atoms with van der Waals surface area (Å²) >= 11 is 1.25. The molecule has 0 unspecified atom stereocenters. The van der Waals surface area contributed by atoms with Crippen molar-refractivity contribution in [1.82, 2.24) is 9.88 Å². The van der Waals surface area contributed by atoms with Crippen LogP contribution < -0.4 is 0 Å². The summed E-state index contributed by atoms with van der Waals surface area (Å²) in [6, 6.07) is 0. The third kappa shape index (κ3) is 3.25. The average Bonchev–Trinajstić information content (AvgIpc) is 2.89. The minimum absolute atomic E-state index is 0.00189. The largest absolute Gasteiger partial charge is 0.481 e. The number of likely N-dealkylation sites (tertiary alicyclic amines) is 1. The average molecular weight is 270 g/mol. The van der Waals surface area contributed by atoms with Gasteiger partial charge in [0.25, 0.3) is 5.22 Å². The van der Waals surface area contributed by atoms with E-state index in [0.717, 1.165) is 0 Å². The van der Waals surface area contributed by atoms with E-state index in [9.17, 15) is 9.59 Å². The van der Waals surface area contributed by atoms with E-state index in [1.165, 1.54) is 24.2 Å². The predicted octanol–water partition coefficient (Wildman–Crippen LogP) is 1.09. The fourth-order valence-electron chi connectivity index (χ4n) is 1.87. The second kappa shape index (κ2) is 5.90. The fraction of sp³-hybridized carbons (Fsp3) is 0.545. The molecule has 98 valence electrons. The maximum Gasteiger partial charge on any atom is 0.306 e. The normalized spacial score (nSPS) is 16.8. The Morgan fingerprint density at radius 1 is 1.50 bits per heavy atom. The highest BCUT2D eigenvalue weighted by atomic mass is 32.2. The molecule has 0 bridgehead atoms. The van der Waals surface area contributed by atoms with Crippen molar-refractivity contribution in [3.8, 4) is 0 Å². The van der Waals surface area contributed by atoms with Gasteiger partial charge in [-0.2, -0.15) is 0 Å². The zero-order valence-corrected chi connectivity index (χ0v) is 10.6. The number of hydrogen-bond donors (Lipinski definition) is 1. The van der Waals surface area contributed by atoms with E-state index >= 15 is 0 Å². The predicted molar refractivity (Wildman–Crippen MR) is 64.2 cm³/mol. The smallest absolute Gasteiger partial charge is 0.306 e. The van der Waals surface area contributed by atoms with Gasteiger partial charge in [0.15, 0.2) is 0 Å². The molecule has 1 saturated heterocycles. The molecule has 1 fully saturated rings. The molecule has 2 rings (SSSR count). The molecule has 1 amide bonds. The Morgan fingerprint density at radius 2 is 2.22 bits per heavy atom. The lowest BCUT2D eigenvalue weighted by Crippen LogP contribution is -2.41. The second-order valence-electron chi connectivity index (χ2n) is 4.08. The molecule has 6 nitrogen and oxygen atoms in total. The van der Waals surface area contributed by atoms with Crippen molar-refractivity contribution in [2.45, 2.75) is 18.1 Å². The molecule has 1 aromatic rings. The van der Waals surface area contributed by atoms with Gasteiger partial charge in [-0.3, -0.25) is 9.59 Å². The number of rotatable bonds is 4. The number of piperidine rings is 1. The topological polar surface area (TPSA) is 83.6 Å². The van der Waals surface area contributed by atoms with Gasteiger partial charge in [0, 0.05) is 13.1 Å². The van der Waals surface area contributed by atoms with E-state index in [4.69, 9.17) is 9.52 Å². The summed E-state index contributed by atoms with van der Waals surface area (Å²) < 4.78 is 5.02. The molecule has 7 heteroatoms. The first-order chi connectivity index (χ1) is 8.66. The third-order valence-corrected chi connectivity index (χ3v) is 3.77. The standard InChI is InChI=1S/C11H14N2O4S/c14-9(7-18-11-12-3-6-17-11)13-4-1-8(2-5-13)10(15)16/h3,6,8H,1-2,4-5,7H2,(H,15,16). The van der Waals surface area contributed by atoms with E-state index in [-0.39, 0.29) is 17.6 Å². The maximum atomic E-state index is 11.9. The molecule has 0 spiro atoms. The van der Waals surface area contributed by atoms with Crippen molar-refractivity contribution in [1.29, 1.82) is 0 Å². The maximum absolute atomic E-state index is 11.9. The summed E-state index contributed by atoms with van der Waals surface area (Å²) in [4.78, 5) is 28.3. The Morgan fingerprint density at radius 3 is 2.78 bits per heavy atom. The van der Waals surface area contributed by atoms with Crippen LogP contribution in [0.25, 0.3) is 0 Å². The van der Waals surface area contributed by atoms with Crippen molar-refractivity contribution in [2.24, 2.45) is 5.92 Å². The van der Waals surface area contributed by atoms with Gasteiger partial charge < -0.3 is 14.4 Å². The van der Waals surface area contributed by atoms with Gasteiger partial charge in [0.05, 0.1) is 17.9 Å². The third-order valence-electron chi connectivity index (χ3n) is 2.93. The van der Waals surface area contributed by atoms with Crippen LogP contribution in [0.5, 0.6) is 0 Å². The number of aliphatic carboxylic acids is 1. The highest BCUT2D eigenvalue weighted by molar-refractivity contribution is 7.99. The summed E-state index contributed by atoms with van der Waals surface area (Å²) in [5.74, 6) is -0.801. The van der Waals surface area contributed by atoms with E-state index in [1.807, 2.05) is 0 Å². The molecular weight excluding hydrogens is 256 g/mol. The van der Waals surface area contributed by atoms with Crippen molar-refractivity contribution in [3.63, 3.8) is 0 Å². The lowest BCUT2D eigenvalue weighted by molar-refractivity contribution is -0.145. The number of oxazole rings is 1. The Hall–Kier alpha value is -1.50. The highest BCUT2D eigenvalue weighted by Gasteiger charge is 2.26. The molecule has 1 aromatic heterocycles. The van der Waals surface area contributed by atoms with Crippen molar-refractivity contribution in [2.75, 3.05) is 18.8 Å². The number of thioether (sulfide) groups is 1. The number of carboxylic acids is 1. The van der Waals surface area contributed by atoms with Crippen LogP contribution in [0, 0.1) is 5.92 Å². The Balaban J connectivity index is 1.75. The van der Waals surface area contributed by atoms with Gasteiger partial charge in [-0.25, -0.2) is 4.98 Å². The Kier molecular flexibility index (Phi) is 4.24. The minimum atomic E-state index is -0.767. The minimum Gasteiger partial charge on any atom is -0.481 e. The number of carbonyl (C=O) groups is 2. The van der Waals surface area contributed by atoms with Crippen LogP contribution in [0.1, 0.15) is 12.8 Å². The van der Waals surface area contributed by atoms with Crippen LogP contribution in [0.4, 0.5) is 0 Å². The first kappa shape index (κ1) is 12.9. The van der Waals surface area contributed by atoms with Crippen LogP contribution in [-0.4, -0.2) is 45.7 Å². The van der Waals surface area contributed by atoms with Crippen molar-refractivity contribution >= 4 is 23.6 Å². The van der Waals surface area contributed by atoms with Gasteiger partial charge in [-0.1, -0.05) is 11.8 Å². The first-order valence-corrected chi connectivity index (χ1v) is 6.68. The first-order valence-electron chi connectivity index (χ1n) is 5.69. The number of nitrogens with zero attached hydrogens (tertiary/aromatic N) is 2. The number of amides is 1. The lowest BCUT2D eigenvalue weighted by atomic mass is 9.97. The SMILES string of the molecule is O=C(O)C1CCN(C(=O)CSc2ncco2)CC1. The summed E-state index contributed by atoms with van der Waals surface area (Å²) in [6.45, 7) is 1.03. The van der Waals surface area contributed by atoms with Crippen molar-refractivity contribution < 1.29 is 19.1 Å². The number of carboxylic acid groups (broad SMARTS) is 1. The molecule has 0 atom stereocenters. The van der Waals surface area contributed by atoms with Crippen LogP contribution in [0.15, 0.2) is 22.1 Å². The summed E-state index contributed by atoms with van der Waals surface area (Å²) in [7, 11) is 0. The summed E-state index contributed by atoms with van der Waals surface area (Å²) in [5, 5.41) is 9.34. The van der Waals surface area contributed by atoms with Crippen LogP contribution in [-0.2, 0) is 9.59 Å². The molecule has 1 N–H and O–H groups in total.